The van der Waals surface area contributed by atoms with Gasteiger partial charge in [0.25, 0.3) is 0 Å². The van der Waals surface area contributed by atoms with Crippen molar-refractivity contribution in [1.82, 2.24) is 0 Å². The fourth-order valence-corrected chi connectivity index (χ4v) is 5.13. The van der Waals surface area contributed by atoms with E-state index in [1.54, 1.807) is 0 Å². The van der Waals surface area contributed by atoms with Crippen molar-refractivity contribution < 1.29 is 4.79 Å². The molecule has 0 radical (unpaired) electrons. The van der Waals surface area contributed by atoms with Gasteiger partial charge in [0.05, 0.1) is 0 Å². The predicted molar refractivity (Wildman–Crippen MR) is 65.1 cm³/mol. The molecule has 3 aliphatic rings. The average molecular weight is 220 g/mol. The fourth-order valence-electron chi connectivity index (χ4n) is 5.13. The monoisotopic (exact) mass is 220 g/mol. The Bertz CT molecular complexity index is 325. The first-order chi connectivity index (χ1) is 7.46. The fraction of sp³-hybridized carbons (Fsp3) is 0.933. The Labute approximate surface area is 99.0 Å². The molecule has 3 saturated carbocycles. The third-order valence-corrected chi connectivity index (χ3v) is 5.87. The maximum absolute atomic E-state index is 12.3. The second-order valence-corrected chi connectivity index (χ2v) is 7.41. The standard InChI is InChI=1S/C15H24O/c1-14(2,3)11-6-7-13(16)15-8-4-5-10(15)9-12(11)15/h10-12H,4-9H2,1-3H3/t10-,11+,12+,15+/m0/s1. The summed E-state index contributed by atoms with van der Waals surface area (Å²) in [6.45, 7) is 7.09. The lowest BCUT2D eigenvalue weighted by Gasteiger charge is -2.60. The van der Waals surface area contributed by atoms with Crippen LogP contribution in [0.4, 0.5) is 0 Å². The predicted octanol–water partition coefficient (Wildman–Crippen LogP) is 3.82. The summed E-state index contributed by atoms with van der Waals surface area (Å²) in [5, 5.41) is 0. The van der Waals surface area contributed by atoms with Crippen molar-refractivity contribution in [2.24, 2.45) is 28.6 Å². The number of Topliss-reactive ketones (excluding diaryl/α,β-unsaturated/α-hetero) is 1. The van der Waals surface area contributed by atoms with Crippen LogP contribution in [-0.2, 0) is 4.79 Å². The van der Waals surface area contributed by atoms with Crippen molar-refractivity contribution in [3.63, 3.8) is 0 Å². The lowest BCUT2D eigenvalue weighted by molar-refractivity contribution is -0.165. The Kier molecular flexibility index (Phi) is 2.10. The van der Waals surface area contributed by atoms with Crippen LogP contribution < -0.4 is 0 Å². The van der Waals surface area contributed by atoms with E-state index in [0.29, 0.717) is 11.2 Å². The largest absolute Gasteiger partial charge is 0.299 e. The van der Waals surface area contributed by atoms with E-state index in [9.17, 15) is 4.79 Å². The van der Waals surface area contributed by atoms with Gasteiger partial charge in [-0.25, -0.2) is 0 Å². The van der Waals surface area contributed by atoms with Gasteiger partial charge in [-0.1, -0.05) is 27.2 Å². The Hall–Kier alpha value is -0.330. The molecule has 0 saturated heterocycles. The van der Waals surface area contributed by atoms with Gasteiger partial charge in [-0.3, -0.25) is 4.79 Å². The molecule has 0 unspecified atom stereocenters. The lowest BCUT2D eigenvalue weighted by Crippen LogP contribution is -2.59. The molecule has 3 aliphatic carbocycles. The van der Waals surface area contributed by atoms with Crippen molar-refractivity contribution in [3.05, 3.63) is 0 Å². The lowest BCUT2D eigenvalue weighted by atomic mass is 9.43. The highest BCUT2D eigenvalue weighted by molar-refractivity contribution is 5.88. The van der Waals surface area contributed by atoms with Crippen molar-refractivity contribution in [2.75, 3.05) is 0 Å². The Morgan fingerprint density at radius 3 is 2.62 bits per heavy atom. The van der Waals surface area contributed by atoms with Gasteiger partial charge >= 0.3 is 0 Å². The summed E-state index contributed by atoms with van der Waals surface area (Å²) < 4.78 is 0. The number of rotatable bonds is 0. The van der Waals surface area contributed by atoms with Crippen LogP contribution in [0, 0.1) is 28.6 Å². The number of hydrogen-bond acceptors (Lipinski definition) is 1. The number of carbonyl (C=O) groups excluding carboxylic acids is 1. The number of hydrogen-bond donors (Lipinski definition) is 0. The van der Waals surface area contributed by atoms with Gasteiger partial charge in [0.15, 0.2) is 0 Å². The van der Waals surface area contributed by atoms with Crippen LogP contribution in [0.2, 0.25) is 0 Å². The quantitative estimate of drug-likeness (QED) is 0.606. The molecular formula is C15H24O. The van der Waals surface area contributed by atoms with E-state index < -0.39 is 0 Å². The van der Waals surface area contributed by atoms with Crippen LogP contribution in [0.1, 0.15) is 59.3 Å². The van der Waals surface area contributed by atoms with E-state index in [-0.39, 0.29) is 5.41 Å². The van der Waals surface area contributed by atoms with E-state index >= 15 is 0 Å². The van der Waals surface area contributed by atoms with Crippen molar-refractivity contribution in [1.29, 1.82) is 0 Å². The third-order valence-electron chi connectivity index (χ3n) is 5.87. The van der Waals surface area contributed by atoms with Gasteiger partial charge < -0.3 is 0 Å². The molecule has 0 aromatic rings. The second-order valence-electron chi connectivity index (χ2n) is 7.41. The maximum Gasteiger partial charge on any atom is 0.139 e. The number of ketones is 1. The minimum Gasteiger partial charge on any atom is -0.299 e. The van der Waals surface area contributed by atoms with Crippen LogP contribution in [0.5, 0.6) is 0 Å². The van der Waals surface area contributed by atoms with Crippen LogP contribution in [0.15, 0.2) is 0 Å². The highest BCUT2D eigenvalue weighted by atomic mass is 16.1. The summed E-state index contributed by atoms with van der Waals surface area (Å²) in [4.78, 5) is 12.3. The van der Waals surface area contributed by atoms with Crippen LogP contribution in [0.3, 0.4) is 0 Å². The maximum atomic E-state index is 12.3. The summed E-state index contributed by atoms with van der Waals surface area (Å²) in [6, 6.07) is 0. The second kappa shape index (κ2) is 3.11. The first-order valence-corrected chi connectivity index (χ1v) is 6.99. The first kappa shape index (κ1) is 10.8. The van der Waals surface area contributed by atoms with E-state index in [2.05, 4.69) is 20.8 Å². The summed E-state index contributed by atoms with van der Waals surface area (Å²) in [7, 11) is 0. The zero-order valence-corrected chi connectivity index (χ0v) is 10.9. The Morgan fingerprint density at radius 2 is 2.00 bits per heavy atom. The molecule has 0 aliphatic heterocycles. The van der Waals surface area contributed by atoms with Gasteiger partial charge in [0.1, 0.15) is 5.78 Å². The van der Waals surface area contributed by atoms with E-state index in [0.717, 1.165) is 30.6 Å². The molecule has 0 heterocycles. The summed E-state index contributed by atoms with van der Waals surface area (Å²) in [5.41, 5.74) is 0.572. The number of carbonyl (C=O) groups is 1. The first-order valence-electron chi connectivity index (χ1n) is 6.99. The van der Waals surface area contributed by atoms with Crippen LogP contribution in [0.25, 0.3) is 0 Å². The minimum absolute atomic E-state index is 0.177. The SMILES string of the molecule is CC(C)(C)[C@@H]1CCC(=O)[C@]23CCC[C@H]2C[C@H]13. The molecule has 1 nitrogen and oxygen atoms in total. The molecule has 3 fully saturated rings. The molecule has 1 spiro atoms. The Morgan fingerprint density at radius 1 is 1.25 bits per heavy atom. The zero-order valence-electron chi connectivity index (χ0n) is 10.9. The Balaban J connectivity index is 1.92. The van der Waals surface area contributed by atoms with E-state index in [4.69, 9.17) is 0 Å². The summed E-state index contributed by atoms with van der Waals surface area (Å²) in [6.07, 6.45) is 7.24. The normalized spacial score (nSPS) is 47.2. The van der Waals surface area contributed by atoms with Crippen LogP contribution in [-0.4, -0.2) is 5.78 Å². The molecule has 1 heteroatoms. The van der Waals surface area contributed by atoms with E-state index in [1.807, 2.05) is 0 Å². The van der Waals surface area contributed by atoms with Gasteiger partial charge in [-0.2, -0.15) is 0 Å². The molecule has 90 valence electrons. The topological polar surface area (TPSA) is 17.1 Å². The van der Waals surface area contributed by atoms with Gasteiger partial charge in [-0.05, 0) is 48.9 Å². The molecule has 0 aromatic heterocycles. The van der Waals surface area contributed by atoms with Crippen molar-refractivity contribution in [3.8, 4) is 0 Å². The highest BCUT2D eigenvalue weighted by Gasteiger charge is 2.65. The van der Waals surface area contributed by atoms with Gasteiger partial charge in [0.2, 0.25) is 0 Å². The molecule has 4 atom stereocenters. The molecule has 3 rings (SSSR count). The molecule has 0 N–H and O–H groups in total. The van der Waals surface area contributed by atoms with Crippen molar-refractivity contribution in [2.45, 2.75) is 59.3 Å². The summed E-state index contributed by atoms with van der Waals surface area (Å²) >= 11 is 0. The van der Waals surface area contributed by atoms with Gasteiger partial charge in [0, 0.05) is 11.8 Å². The molecule has 0 aromatic carbocycles. The zero-order chi connectivity index (χ0) is 11.6. The minimum atomic E-state index is 0.177. The smallest absolute Gasteiger partial charge is 0.139 e. The van der Waals surface area contributed by atoms with Crippen LogP contribution >= 0.6 is 0 Å². The molecule has 0 amide bonds. The molecular weight excluding hydrogens is 196 g/mol. The van der Waals surface area contributed by atoms with Gasteiger partial charge in [-0.15, -0.1) is 0 Å². The average Bonchev–Trinajstić information content (AvgIpc) is 2.43. The molecule has 0 bridgehead atoms. The molecule has 16 heavy (non-hydrogen) atoms. The van der Waals surface area contributed by atoms with Crippen molar-refractivity contribution >= 4 is 5.78 Å². The van der Waals surface area contributed by atoms with E-state index in [1.165, 1.54) is 25.7 Å². The third kappa shape index (κ3) is 1.15. The highest BCUT2D eigenvalue weighted by Crippen LogP contribution is 2.68. The summed E-state index contributed by atoms with van der Waals surface area (Å²) in [5.74, 6) is 2.93.